The summed E-state index contributed by atoms with van der Waals surface area (Å²) < 4.78 is 5.58. The lowest BCUT2D eigenvalue weighted by Crippen LogP contribution is -2.31. The van der Waals surface area contributed by atoms with Crippen molar-refractivity contribution in [2.45, 2.75) is 58.7 Å². The van der Waals surface area contributed by atoms with Crippen LogP contribution < -0.4 is 0 Å². The number of nitrogens with zero attached hydrogens (tertiary/aromatic N) is 1. The SMILES string of the molecule is CCCC(OCC)C(O)Cc1ccc(CC)cn1. The van der Waals surface area contributed by atoms with Crippen LogP contribution in [0.15, 0.2) is 18.3 Å². The first-order valence-corrected chi connectivity index (χ1v) is 6.94. The molecular formula is C15H25NO2. The largest absolute Gasteiger partial charge is 0.390 e. The molecule has 0 aliphatic heterocycles. The van der Waals surface area contributed by atoms with Crippen LogP contribution in [0.1, 0.15) is 44.9 Å². The van der Waals surface area contributed by atoms with Gasteiger partial charge in [-0.05, 0) is 31.4 Å². The highest BCUT2D eigenvalue weighted by Gasteiger charge is 2.19. The average Bonchev–Trinajstić information content (AvgIpc) is 2.39. The minimum absolute atomic E-state index is 0.0762. The zero-order valence-corrected chi connectivity index (χ0v) is 11.7. The smallest absolute Gasteiger partial charge is 0.0857 e. The lowest BCUT2D eigenvalue weighted by molar-refractivity contribution is -0.0366. The van der Waals surface area contributed by atoms with E-state index in [9.17, 15) is 5.11 Å². The quantitative estimate of drug-likeness (QED) is 0.772. The molecule has 0 aliphatic carbocycles. The van der Waals surface area contributed by atoms with Crippen molar-refractivity contribution >= 4 is 0 Å². The van der Waals surface area contributed by atoms with Crippen molar-refractivity contribution in [3.63, 3.8) is 0 Å². The maximum Gasteiger partial charge on any atom is 0.0857 e. The van der Waals surface area contributed by atoms with Crippen molar-refractivity contribution < 1.29 is 9.84 Å². The highest BCUT2D eigenvalue weighted by Crippen LogP contribution is 2.12. The second-order valence-electron chi connectivity index (χ2n) is 4.57. The van der Waals surface area contributed by atoms with E-state index in [4.69, 9.17) is 4.74 Å². The number of ether oxygens (including phenoxy) is 1. The van der Waals surface area contributed by atoms with Gasteiger partial charge < -0.3 is 9.84 Å². The molecule has 1 aromatic heterocycles. The number of hydrogen-bond donors (Lipinski definition) is 1. The van der Waals surface area contributed by atoms with Crippen LogP contribution in [0.3, 0.4) is 0 Å². The number of aliphatic hydroxyl groups is 1. The second kappa shape index (κ2) is 8.22. The maximum absolute atomic E-state index is 10.2. The number of rotatable bonds is 8. The Bertz CT molecular complexity index is 318. The number of aryl methyl sites for hydroxylation is 1. The molecule has 0 radical (unpaired) electrons. The van der Waals surface area contributed by atoms with Crippen LogP contribution in [0.2, 0.25) is 0 Å². The van der Waals surface area contributed by atoms with Gasteiger partial charge in [0.15, 0.2) is 0 Å². The van der Waals surface area contributed by atoms with Gasteiger partial charge in [0, 0.05) is 24.9 Å². The molecule has 1 heterocycles. The zero-order chi connectivity index (χ0) is 13.4. The minimum atomic E-state index is -0.468. The van der Waals surface area contributed by atoms with Crippen molar-refractivity contribution in [2.75, 3.05) is 6.61 Å². The molecule has 102 valence electrons. The molecule has 0 fully saturated rings. The van der Waals surface area contributed by atoms with Crippen LogP contribution in [-0.4, -0.2) is 28.9 Å². The van der Waals surface area contributed by atoms with Crippen LogP contribution in [-0.2, 0) is 17.6 Å². The summed E-state index contributed by atoms with van der Waals surface area (Å²) in [5, 5.41) is 10.2. The lowest BCUT2D eigenvalue weighted by atomic mass is 10.0. The summed E-state index contributed by atoms with van der Waals surface area (Å²) in [7, 11) is 0. The third kappa shape index (κ3) is 4.75. The molecule has 0 aromatic carbocycles. The minimum Gasteiger partial charge on any atom is -0.390 e. The van der Waals surface area contributed by atoms with Gasteiger partial charge in [0.05, 0.1) is 12.2 Å². The number of pyridine rings is 1. The Kier molecular flexibility index (Phi) is 6.91. The topological polar surface area (TPSA) is 42.4 Å². The van der Waals surface area contributed by atoms with Crippen LogP contribution in [0.4, 0.5) is 0 Å². The standard InChI is InChI=1S/C15H25NO2/c1-4-7-15(18-6-3)14(17)10-13-9-8-12(5-2)11-16-13/h8-9,11,14-15,17H,4-7,10H2,1-3H3. The van der Waals surface area contributed by atoms with Crippen molar-refractivity contribution in [1.82, 2.24) is 4.98 Å². The molecule has 2 atom stereocenters. The molecule has 1 aromatic rings. The van der Waals surface area contributed by atoms with Gasteiger partial charge in [0.25, 0.3) is 0 Å². The third-order valence-corrected chi connectivity index (χ3v) is 3.10. The van der Waals surface area contributed by atoms with Gasteiger partial charge in [-0.15, -0.1) is 0 Å². The number of aromatic nitrogens is 1. The van der Waals surface area contributed by atoms with Crippen molar-refractivity contribution in [1.29, 1.82) is 0 Å². The molecule has 0 saturated carbocycles. The summed E-state index contributed by atoms with van der Waals surface area (Å²) in [6.45, 7) is 6.82. The van der Waals surface area contributed by atoms with E-state index in [1.807, 2.05) is 19.2 Å². The van der Waals surface area contributed by atoms with Crippen molar-refractivity contribution in [2.24, 2.45) is 0 Å². The van der Waals surface area contributed by atoms with E-state index in [1.54, 1.807) is 0 Å². The Balaban J connectivity index is 2.57. The molecule has 18 heavy (non-hydrogen) atoms. The van der Waals surface area contributed by atoms with E-state index in [0.29, 0.717) is 13.0 Å². The van der Waals surface area contributed by atoms with Crippen molar-refractivity contribution in [3.05, 3.63) is 29.6 Å². The normalized spacial score (nSPS) is 14.4. The number of aliphatic hydroxyl groups excluding tert-OH is 1. The maximum atomic E-state index is 10.2. The van der Waals surface area contributed by atoms with Gasteiger partial charge in [0.2, 0.25) is 0 Å². The van der Waals surface area contributed by atoms with Gasteiger partial charge in [-0.3, -0.25) is 4.98 Å². The first-order valence-electron chi connectivity index (χ1n) is 6.94. The van der Waals surface area contributed by atoms with Gasteiger partial charge in [-0.25, -0.2) is 0 Å². The molecule has 2 unspecified atom stereocenters. The molecule has 3 heteroatoms. The molecule has 1 rings (SSSR count). The molecule has 0 bridgehead atoms. The van der Waals surface area contributed by atoms with Crippen molar-refractivity contribution in [3.8, 4) is 0 Å². The first kappa shape index (κ1) is 15.1. The Morgan fingerprint density at radius 2 is 2.06 bits per heavy atom. The van der Waals surface area contributed by atoms with Gasteiger partial charge >= 0.3 is 0 Å². The monoisotopic (exact) mass is 251 g/mol. The van der Waals surface area contributed by atoms with E-state index in [-0.39, 0.29) is 6.10 Å². The van der Waals surface area contributed by atoms with Gasteiger partial charge in [-0.2, -0.15) is 0 Å². The lowest BCUT2D eigenvalue weighted by Gasteiger charge is -2.22. The molecule has 0 aliphatic rings. The Morgan fingerprint density at radius 1 is 1.28 bits per heavy atom. The van der Waals surface area contributed by atoms with Crippen LogP contribution >= 0.6 is 0 Å². The van der Waals surface area contributed by atoms with Gasteiger partial charge in [0.1, 0.15) is 0 Å². The fourth-order valence-electron chi connectivity index (χ4n) is 2.02. The van der Waals surface area contributed by atoms with E-state index in [1.165, 1.54) is 5.56 Å². The average molecular weight is 251 g/mol. The predicted octanol–water partition coefficient (Wildman–Crippen LogP) is 2.75. The highest BCUT2D eigenvalue weighted by atomic mass is 16.5. The van der Waals surface area contributed by atoms with Gasteiger partial charge in [-0.1, -0.05) is 26.3 Å². The summed E-state index contributed by atoms with van der Waals surface area (Å²) in [5.74, 6) is 0. The fourth-order valence-corrected chi connectivity index (χ4v) is 2.02. The van der Waals surface area contributed by atoms with E-state index in [0.717, 1.165) is 25.0 Å². The summed E-state index contributed by atoms with van der Waals surface area (Å²) in [5.41, 5.74) is 2.16. The predicted molar refractivity (Wildman–Crippen MR) is 73.6 cm³/mol. The van der Waals surface area contributed by atoms with E-state index < -0.39 is 6.10 Å². The highest BCUT2D eigenvalue weighted by molar-refractivity contribution is 5.14. The Hall–Kier alpha value is -0.930. The van der Waals surface area contributed by atoms with E-state index in [2.05, 4.69) is 24.9 Å². The molecule has 1 N–H and O–H groups in total. The summed E-state index contributed by atoms with van der Waals surface area (Å²) in [4.78, 5) is 4.38. The molecular weight excluding hydrogens is 226 g/mol. The second-order valence-corrected chi connectivity index (χ2v) is 4.57. The Morgan fingerprint density at radius 3 is 2.56 bits per heavy atom. The zero-order valence-electron chi connectivity index (χ0n) is 11.7. The summed E-state index contributed by atoms with van der Waals surface area (Å²) >= 11 is 0. The summed E-state index contributed by atoms with van der Waals surface area (Å²) in [6.07, 6.45) is 4.81. The third-order valence-electron chi connectivity index (χ3n) is 3.10. The van der Waals surface area contributed by atoms with Crippen LogP contribution in [0.5, 0.6) is 0 Å². The Labute approximate surface area is 110 Å². The number of hydrogen-bond acceptors (Lipinski definition) is 3. The summed E-state index contributed by atoms with van der Waals surface area (Å²) in [6, 6.07) is 4.07. The molecule has 3 nitrogen and oxygen atoms in total. The van der Waals surface area contributed by atoms with Crippen LogP contribution in [0.25, 0.3) is 0 Å². The molecule has 0 amide bonds. The molecule has 0 spiro atoms. The van der Waals surface area contributed by atoms with E-state index >= 15 is 0 Å². The first-order chi connectivity index (χ1) is 8.71. The fraction of sp³-hybridized carbons (Fsp3) is 0.667. The molecule has 0 saturated heterocycles. The van der Waals surface area contributed by atoms with Crippen LogP contribution in [0, 0.1) is 0 Å².